The van der Waals surface area contributed by atoms with E-state index >= 15 is 0 Å². The molecular weight excluding hydrogens is 438 g/mol. The van der Waals surface area contributed by atoms with Gasteiger partial charge in [0.05, 0.1) is 28.5 Å². The highest BCUT2D eigenvalue weighted by Crippen LogP contribution is 2.41. The summed E-state index contributed by atoms with van der Waals surface area (Å²) in [5.74, 6) is 0. The molecule has 0 radical (unpaired) electrons. The van der Waals surface area contributed by atoms with Crippen LogP contribution < -0.4 is 5.32 Å². The van der Waals surface area contributed by atoms with Crippen LogP contribution in [-0.4, -0.2) is 51.6 Å². The van der Waals surface area contributed by atoms with Crippen LogP contribution in [0.3, 0.4) is 0 Å². The van der Waals surface area contributed by atoms with Crippen LogP contribution in [0.5, 0.6) is 0 Å². The number of halogens is 1. The standard InChI is InChI=1S/C25H30ClN5S/c1-17-16-19(18(2)31(17)22-12-6-5-10-20(22)26)24-23(21-11-7-8-13-27-21)28-25(32)30(24)15-9-14-29(3)4/h5-8,10-13,16,23-24H,9,14-15H2,1-4H3,(H,28,32)/t23-,24+/m1/s1. The second-order valence-electron chi connectivity index (χ2n) is 8.59. The Morgan fingerprint density at radius 3 is 2.56 bits per heavy atom. The molecule has 1 aromatic carbocycles. The first-order chi connectivity index (χ1) is 15.4. The molecule has 1 aliphatic rings. The van der Waals surface area contributed by atoms with Crippen molar-refractivity contribution in [3.63, 3.8) is 0 Å². The van der Waals surface area contributed by atoms with Crippen LogP contribution in [0.2, 0.25) is 5.02 Å². The Labute approximate surface area is 201 Å². The molecule has 0 aliphatic carbocycles. The Bertz CT molecular complexity index is 1090. The van der Waals surface area contributed by atoms with Crippen molar-refractivity contribution < 1.29 is 0 Å². The summed E-state index contributed by atoms with van der Waals surface area (Å²) in [4.78, 5) is 9.20. The molecule has 0 amide bonds. The number of nitrogens with zero attached hydrogens (tertiary/aromatic N) is 4. The molecule has 0 unspecified atom stereocenters. The van der Waals surface area contributed by atoms with E-state index in [-0.39, 0.29) is 12.1 Å². The Morgan fingerprint density at radius 2 is 1.88 bits per heavy atom. The van der Waals surface area contributed by atoms with Gasteiger partial charge in [0.2, 0.25) is 0 Å². The van der Waals surface area contributed by atoms with E-state index in [1.807, 2.05) is 36.5 Å². The van der Waals surface area contributed by atoms with Crippen LogP contribution in [0.15, 0.2) is 54.7 Å². The van der Waals surface area contributed by atoms with E-state index in [2.05, 4.69) is 70.8 Å². The quantitative estimate of drug-likeness (QED) is 0.491. The van der Waals surface area contributed by atoms with Crippen LogP contribution in [0.25, 0.3) is 5.69 Å². The smallest absolute Gasteiger partial charge is 0.170 e. The van der Waals surface area contributed by atoms with E-state index < -0.39 is 0 Å². The van der Waals surface area contributed by atoms with Gasteiger partial charge in [-0.1, -0.05) is 29.8 Å². The number of aromatic nitrogens is 2. The molecule has 0 spiro atoms. The first-order valence-electron chi connectivity index (χ1n) is 10.9. The van der Waals surface area contributed by atoms with Gasteiger partial charge in [-0.25, -0.2) is 0 Å². The van der Waals surface area contributed by atoms with E-state index in [1.54, 1.807) is 0 Å². The topological polar surface area (TPSA) is 36.3 Å². The van der Waals surface area contributed by atoms with Gasteiger partial charge in [0, 0.05) is 24.1 Å². The van der Waals surface area contributed by atoms with E-state index in [9.17, 15) is 0 Å². The molecule has 1 aliphatic heterocycles. The molecule has 3 heterocycles. The number of aryl methyl sites for hydroxylation is 1. The lowest BCUT2D eigenvalue weighted by Crippen LogP contribution is -2.32. The summed E-state index contributed by atoms with van der Waals surface area (Å²) in [5.41, 5.74) is 5.56. The van der Waals surface area contributed by atoms with Crippen molar-refractivity contribution in [1.29, 1.82) is 0 Å². The van der Waals surface area contributed by atoms with Gasteiger partial charge in [-0.2, -0.15) is 0 Å². The Balaban J connectivity index is 1.78. The van der Waals surface area contributed by atoms with Gasteiger partial charge in [-0.05, 0) is 89.0 Å². The van der Waals surface area contributed by atoms with E-state index in [0.29, 0.717) is 0 Å². The van der Waals surface area contributed by atoms with Crippen LogP contribution in [-0.2, 0) is 0 Å². The maximum Gasteiger partial charge on any atom is 0.170 e. The number of para-hydroxylation sites is 1. The Hall–Kier alpha value is -2.41. The lowest BCUT2D eigenvalue weighted by Gasteiger charge is -2.28. The van der Waals surface area contributed by atoms with Gasteiger partial charge in [0.1, 0.15) is 0 Å². The van der Waals surface area contributed by atoms with Crippen LogP contribution in [0, 0.1) is 13.8 Å². The van der Waals surface area contributed by atoms with Crippen molar-refractivity contribution in [1.82, 2.24) is 24.7 Å². The molecule has 4 rings (SSSR count). The molecule has 168 valence electrons. The van der Waals surface area contributed by atoms with Crippen molar-refractivity contribution >= 4 is 28.9 Å². The molecule has 2 aromatic heterocycles. The van der Waals surface area contributed by atoms with Gasteiger partial charge in [0.15, 0.2) is 5.11 Å². The van der Waals surface area contributed by atoms with Gasteiger partial charge in [-0.3, -0.25) is 4.98 Å². The SMILES string of the molecule is Cc1cc([C@H]2[C@@H](c3ccccn3)NC(=S)N2CCCN(C)C)c(C)n1-c1ccccc1Cl. The second-order valence-corrected chi connectivity index (χ2v) is 9.38. The van der Waals surface area contributed by atoms with Gasteiger partial charge < -0.3 is 19.7 Å². The monoisotopic (exact) mass is 467 g/mol. The van der Waals surface area contributed by atoms with Crippen molar-refractivity contribution in [2.24, 2.45) is 0 Å². The molecule has 2 atom stereocenters. The van der Waals surface area contributed by atoms with Crippen molar-refractivity contribution in [3.05, 3.63) is 82.4 Å². The number of benzene rings is 1. The summed E-state index contributed by atoms with van der Waals surface area (Å²) in [6, 6.07) is 16.4. The van der Waals surface area contributed by atoms with E-state index in [4.69, 9.17) is 23.8 Å². The van der Waals surface area contributed by atoms with Crippen molar-refractivity contribution in [2.45, 2.75) is 32.4 Å². The third-order valence-corrected chi connectivity index (χ3v) is 6.76. The molecular formula is C25H30ClN5S. The maximum atomic E-state index is 6.57. The first kappa shape index (κ1) is 22.8. The fourth-order valence-corrected chi connectivity index (χ4v) is 5.19. The van der Waals surface area contributed by atoms with Crippen LogP contribution in [0.1, 0.15) is 41.1 Å². The predicted octanol–water partition coefficient (Wildman–Crippen LogP) is 5.07. The summed E-state index contributed by atoms with van der Waals surface area (Å²) in [6.07, 6.45) is 2.88. The summed E-state index contributed by atoms with van der Waals surface area (Å²) >= 11 is 12.4. The maximum absolute atomic E-state index is 6.57. The molecule has 1 N–H and O–H groups in total. The lowest BCUT2D eigenvalue weighted by molar-refractivity contribution is 0.292. The molecule has 1 saturated heterocycles. The van der Waals surface area contributed by atoms with Gasteiger partial charge in [0.25, 0.3) is 0 Å². The molecule has 32 heavy (non-hydrogen) atoms. The van der Waals surface area contributed by atoms with Gasteiger partial charge >= 0.3 is 0 Å². The molecule has 1 fully saturated rings. The number of hydrogen-bond acceptors (Lipinski definition) is 3. The zero-order valence-corrected chi connectivity index (χ0v) is 20.6. The van der Waals surface area contributed by atoms with Crippen molar-refractivity contribution in [2.75, 3.05) is 27.2 Å². The number of nitrogens with one attached hydrogen (secondary N) is 1. The zero-order valence-electron chi connectivity index (χ0n) is 19.0. The molecule has 5 nitrogen and oxygen atoms in total. The summed E-state index contributed by atoms with van der Waals surface area (Å²) in [7, 11) is 4.21. The molecule has 3 aromatic rings. The minimum atomic E-state index is -0.0109. The van der Waals surface area contributed by atoms with Crippen LogP contribution in [0.4, 0.5) is 0 Å². The average Bonchev–Trinajstić information content (AvgIpc) is 3.24. The van der Waals surface area contributed by atoms with E-state index in [0.717, 1.165) is 46.7 Å². The molecule has 0 bridgehead atoms. The van der Waals surface area contributed by atoms with Gasteiger partial charge in [-0.15, -0.1) is 0 Å². The predicted molar refractivity (Wildman–Crippen MR) is 136 cm³/mol. The second kappa shape index (κ2) is 9.61. The summed E-state index contributed by atoms with van der Waals surface area (Å²) in [5, 5.41) is 5.08. The minimum Gasteiger partial charge on any atom is -0.352 e. The van der Waals surface area contributed by atoms with Crippen LogP contribution >= 0.6 is 23.8 Å². The van der Waals surface area contributed by atoms with E-state index in [1.165, 1.54) is 11.3 Å². The summed E-state index contributed by atoms with van der Waals surface area (Å²) in [6.45, 7) is 6.19. The number of pyridine rings is 1. The highest BCUT2D eigenvalue weighted by atomic mass is 35.5. The Kier molecular flexibility index (Phi) is 6.84. The Morgan fingerprint density at radius 1 is 1.12 bits per heavy atom. The lowest BCUT2D eigenvalue weighted by atomic mass is 9.96. The highest BCUT2D eigenvalue weighted by molar-refractivity contribution is 7.80. The number of hydrogen-bond donors (Lipinski definition) is 1. The zero-order chi connectivity index (χ0) is 22.8. The normalized spacial score (nSPS) is 18.4. The fourth-order valence-electron chi connectivity index (χ4n) is 4.63. The highest BCUT2D eigenvalue weighted by Gasteiger charge is 2.41. The average molecular weight is 468 g/mol. The van der Waals surface area contributed by atoms with Crippen molar-refractivity contribution in [3.8, 4) is 5.69 Å². The number of rotatable bonds is 7. The molecule has 0 saturated carbocycles. The first-order valence-corrected chi connectivity index (χ1v) is 11.7. The molecule has 7 heteroatoms. The largest absolute Gasteiger partial charge is 0.352 e. The fraction of sp³-hybridized carbons (Fsp3) is 0.360. The number of thiocarbonyl (C=S) groups is 1. The summed E-state index contributed by atoms with van der Waals surface area (Å²) < 4.78 is 2.24. The minimum absolute atomic E-state index is 0.0109. The third-order valence-electron chi connectivity index (χ3n) is 6.08. The third kappa shape index (κ3) is 4.40.